The van der Waals surface area contributed by atoms with E-state index in [4.69, 9.17) is 16.3 Å². The third kappa shape index (κ3) is 6.99. The number of rotatable bonds is 9. The SMILES string of the molecule is CCC(C(=O)NC1CCCCC1)N(Cc1ccc(C)cc1)C(=O)COc1ccc(Cl)cc1. The Hall–Kier alpha value is -2.53. The second kappa shape index (κ2) is 11.9. The Bertz CT molecular complexity index is 877. The lowest BCUT2D eigenvalue weighted by Crippen LogP contribution is -2.52. The predicted octanol–water partition coefficient (Wildman–Crippen LogP) is 5.28. The summed E-state index contributed by atoms with van der Waals surface area (Å²) in [4.78, 5) is 28.1. The molecule has 3 rings (SSSR count). The van der Waals surface area contributed by atoms with E-state index in [1.807, 2.05) is 38.1 Å². The van der Waals surface area contributed by atoms with Gasteiger partial charge in [-0.15, -0.1) is 0 Å². The lowest BCUT2D eigenvalue weighted by atomic mass is 9.95. The number of nitrogens with one attached hydrogen (secondary N) is 1. The molecular formula is C26H33ClN2O3. The van der Waals surface area contributed by atoms with Gasteiger partial charge in [0.15, 0.2) is 6.61 Å². The second-order valence-corrected chi connectivity index (χ2v) is 8.95. The van der Waals surface area contributed by atoms with Gasteiger partial charge in [0.05, 0.1) is 0 Å². The molecule has 32 heavy (non-hydrogen) atoms. The minimum Gasteiger partial charge on any atom is -0.484 e. The molecule has 1 saturated carbocycles. The van der Waals surface area contributed by atoms with Crippen LogP contribution < -0.4 is 10.1 Å². The third-order valence-corrected chi connectivity index (χ3v) is 6.24. The number of halogens is 1. The van der Waals surface area contributed by atoms with E-state index in [1.165, 1.54) is 6.42 Å². The van der Waals surface area contributed by atoms with Gasteiger partial charge >= 0.3 is 0 Å². The van der Waals surface area contributed by atoms with Gasteiger partial charge in [-0.2, -0.15) is 0 Å². The van der Waals surface area contributed by atoms with E-state index in [1.54, 1.807) is 29.2 Å². The van der Waals surface area contributed by atoms with Crippen molar-refractivity contribution in [3.8, 4) is 5.75 Å². The first-order chi connectivity index (χ1) is 15.5. The summed E-state index contributed by atoms with van der Waals surface area (Å²) in [6.45, 7) is 4.19. The van der Waals surface area contributed by atoms with Crippen LogP contribution in [-0.4, -0.2) is 35.4 Å². The molecule has 0 aliphatic heterocycles. The second-order valence-electron chi connectivity index (χ2n) is 8.52. The Morgan fingerprint density at radius 1 is 1.06 bits per heavy atom. The molecule has 1 aliphatic carbocycles. The van der Waals surface area contributed by atoms with Crippen LogP contribution in [0.25, 0.3) is 0 Å². The van der Waals surface area contributed by atoms with E-state index in [9.17, 15) is 9.59 Å². The predicted molar refractivity (Wildman–Crippen MR) is 128 cm³/mol. The number of aryl methyl sites for hydroxylation is 1. The minimum absolute atomic E-state index is 0.0774. The van der Waals surface area contributed by atoms with Crippen LogP contribution in [0.1, 0.15) is 56.6 Å². The summed E-state index contributed by atoms with van der Waals surface area (Å²) in [6.07, 6.45) is 6.06. The molecule has 1 N–H and O–H groups in total. The van der Waals surface area contributed by atoms with Crippen molar-refractivity contribution in [3.63, 3.8) is 0 Å². The highest BCUT2D eigenvalue weighted by Crippen LogP contribution is 2.20. The molecule has 2 aromatic carbocycles. The van der Waals surface area contributed by atoms with Gasteiger partial charge < -0.3 is 15.0 Å². The van der Waals surface area contributed by atoms with E-state index in [-0.39, 0.29) is 24.5 Å². The highest BCUT2D eigenvalue weighted by Gasteiger charge is 2.30. The van der Waals surface area contributed by atoms with Gasteiger partial charge in [0, 0.05) is 17.6 Å². The van der Waals surface area contributed by atoms with E-state index in [0.717, 1.165) is 36.8 Å². The first kappa shape index (κ1) is 24.1. The molecule has 1 aliphatic rings. The van der Waals surface area contributed by atoms with Crippen LogP contribution in [0, 0.1) is 6.92 Å². The first-order valence-corrected chi connectivity index (χ1v) is 11.9. The highest BCUT2D eigenvalue weighted by molar-refractivity contribution is 6.30. The number of carbonyl (C=O) groups is 2. The van der Waals surface area contributed by atoms with Gasteiger partial charge in [-0.05, 0) is 56.0 Å². The number of ether oxygens (including phenoxy) is 1. The monoisotopic (exact) mass is 456 g/mol. The zero-order valence-corrected chi connectivity index (χ0v) is 19.7. The molecule has 1 atom stereocenters. The number of hydrogen-bond donors (Lipinski definition) is 1. The molecular weight excluding hydrogens is 424 g/mol. The molecule has 172 valence electrons. The molecule has 0 spiro atoms. The standard InChI is InChI=1S/C26H33ClN2O3/c1-3-24(26(31)28-22-7-5-4-6-8-22)29(17-20-11-9-19(2)10-12-20)25(30)18-32-23-15-13-21(27)14-16-23/h9-16,22,24H,3-8,17-18H2,1-2H3,(H,28,31). The molecule has 1 unspecified atom stereocenters. The maximum absolute atomic E-state index is 13.2. The van der Waals surface area contributed by atoms with E-state index >= 15 is 0 Å². The van der Waals surface area contributed by atoms with Crippen LogP contribution in [0.3, 0.4) is 0 Å². The molecule has 0 radical (unpaired) electrons. The number of hydrogen-bond acceptors (Lipinski definition) is 3. The smallest absolute Gasteiger partial charge is 0.261 e. The summed E-state index contributed by atoms with van der Waals surface area (Å²) in [5.41, 5.74) is 2.14. The molecule has 0 aromatic heterocycles. The van der Waals surface area contributed by atoms with Crippen molar-refractivity contribution in [2.24, 2.45) is 0 Å². The summed E-state index contributed by atoms with van der Waals surface area (Å²) in [7, 11) is 0. The summed E-state index contributed by atoms with van der Waals surface area (Å²) < 4.78 is 5.70. The lowest BCUT2D eigenvalue weighted by molar-refractivity contribution is -0.143. The number of nitrogens with zero attached hydrogens (tertiary/aromatic N) is 1. The minimum atomic E-state index is -0.542. The van der Waals surface area contributed by atoms with Crippen LogP contribution in [0.15, 0.2) is 48.5 Å². The van der Waals surface area contributed by atoms with Gasteiger partial charge in [0.25, 0.3) is 5.91 Å². The van der Waals surface area contributed by atoms with E-state index in [2.05, 4.69) is 5.32 Å². The summed E-state index contributed by atoms with van der Waals surface area (Å²) >= 11 is 5.93. The average Bonchev–Trinajstić information content (AvgIpc) is 2.80. The summed E-state index contributed by atoms with van der Waals surface area (Å²) in [6, 6.07) is 14.6. The van der Waals surface area contributed by atoms with Crippen molar-refractivity contribution < 1.29 is 14.3 Å². The van der Waals surface area contributed by atoms with Crippen molar-refractivity contribution >= 4 is 23.4 Å². The van der Waals surface area contributed by atoms with E-state index in [0.29, 0.717) is 23.7 Å². The molecule has 2 aromatic rings. The van der Waals surface area contributed by atoms with Crippen molar-refractivity contribution in [2.75, 3.05) is 6.61 Å². The molecule has 1 fully saturated rings. The van der Waals surface area contributed by atoms with Crippen molar-refractivity contribution in [3.05, 3.63) is 64.7 Å². The fraction of sp³-hybridized carbons (Fsp3) is 0.462. The summed E-state index contributed by atoms with van der Waals surface area (Å²) in [5, 5.41) is 3.80. The molecule has 0 bridgehead atoms. The molecule has 6 heteroatoms. The first-order valence-electron chi connectivity index (χ1n) is 11.5. The van der Waals surface area contributed by atoms with Crippen LogP contribution in [0.2, 0.25) is 5.02 Å². The van der Waals surface area contributed by atoms with Crippen molar-refractivity contribution in [1.29, 1.82) is 0 Å². The van der Waals surface area contributed by atoms with Gasteiger partial charge in [-0.25, -0.2) is 0 Å². The zero-order valence-electron chi connectivity index (χ0n) is 19.0. The van der Waals surface area contributed by atoms with Crippen LogP contribution >= 0.6 is 11.6 Å². The fourth-order valence-corrected chi connectivity index (χ4v) is 4.24. The Morgan fingerprint density at radius 2 is 1.72 bits per heavy atom. The average molecular weight is 457 g/mol. The van der Waals surface area contributed by atoms with E-state index < -0.39 is 6.04 Å². The quantitative estimate of drug-likeness (QED) is 0.558. The molecule has 5 nitrogen and oxygen atoms in total. The van der Waals surface area contributed by atoms with Crippen molar-refractivity contribution in [1.82, 2.24) is 10.2 Å². The third-order valence-electron chi connectivity index (χ3n) is 5.99. The fourth-order valence-electron chi connectivity index (χ4n) is 4.11. The Morgan fingerprint density at radius 3 is 2.34 bits per heavy atom. The topological polar surface area (TPSA) is 58.6 Å². The molecule has 0 heterocycles. The number of carbonyl (C=O) groups excluding carboxylic acids is 2. The number of benzene rings is 2. The maximum Gasteiger partial charge on any atom is 0.261 e. The van der Waals surface area contributed by atoms with Crippen LogP contribution in [0.4, 0.5) is 0 Å². The van der Waals surface area contributed by atoms with Gasteiger partial charge in [-0.3, -0.25) is 9.59 Å². The van der Waals surface area contributed by atoms with Gasteiger partial charge in [-0.1, -0.05) is 67.6 Å². The Kier molecular flexibility index (Phi) is 8.98. The van der Waals surface area contributed by atoms with Gasteiger partial charge in [0.2, 0.25) is 5.91 Å². The van der Waals surface area contributed by atoms with Crippen LogP contribution in [-0.2, 0) is 16.1 Å². The Balaban J connectivity index is 1.73. The molecule has 2 amide bonds. The highest BCUT2D eigenvalue weighted by atomic mass is 35.5. The van der Waals surface area contributed by atoms with Crippen LogP contribution in [0.5, 0.6) is 5.75 Å². The van der Waals surface area contributed by atoms with Gasteiger partial charge in [0.1, 0.15) is 11.8 Å². The zero-order chi connectivity index (χ0) is 22.9. The normalized spacial score (nSPS) is 15.1. The van der Waals surface area contributed by atoms with Crippen molar-refractivity contribution in [2.45, 2.75) is 71.0 Å². The maximum atomic E-state index is 13.2. The molecule has 0 saturated heterocycles. The number of amides is 2. The Labute approximate surface area is 196 Å². The lowest BCUT2D eigenvalue weighted by Gasteiger charge is -2.32. The summed E-state index contributed by atoms with van der Waals surface area (Å²) in [5.74, 6) is 0.273. The largest absolute Gasteiger partial charge is 0.484 e.